The molecule has 102 valence electrons. The predicted molar refractivity (Wildman–Crippen MR) is 69.8 cm³/mol. The van der Waals surface area contributed by atoms with Gasteiger partial charge in [-0.25, -0.2) is 0 Å². The molecule has 1 unspecified atom stereocenters. The second-order valence-electron chi connectivity index (χ2n) is 4.78. The molecule has 19 heavy (non-hydrogen) atoms. The van der Waals surface area contributed by atoms with Crippen LogP contribution in [0.5, 0.6) is 11.5 Å². The van der Waals surface area contributed by atoms with E-state index >= 15 is 0 Å². The third-order valence-corrected chi connectivity index (χ3v) is 3.61. The van der Waals surface area contributed by atoms with Crippen LogP contribution in [0.25, 0.3) is 0 Å². The number of carbonyl (C=O) groups is 1. The molecule has 0 spiro atoms. The summed E-state index contributed by atoms with van der Waals surface area (Å²) in [6.07, 6.45) is 0.834. The average molecular weight is 263 g/mol. The third-order valence-electron chi connectivity index (χ3n) is 3.61. The van der Waals surface area contributed by atoms with E-state index in [2.05, 4.69) is 4.90 Å². The van der Waals surface area contributed by atoms with Crippen molar-refractivity contribution in [3.63, 3.8) is 0 Å². The molecule has 0 N–H and O–H groups in total. The van der Waals surface area contributed by atoms with Crippen LogP contribution in [-0.2, 0) is 9.53 Å². The standard InChI is InChI=1S/C14H17NO4/c1-17-14(16)10-4-5-15(9-10)11-2-3-12-13(8-11)19-7-6-18-12/h2-3,8,10H,4-7,9H2,1H3. The van der Waals surface area contributed by atoms with Crippen molar-refractivity contribution in [2.24, 2.45) is 5.92 Å². The highest BCUT2D eigenvalue weighted by atomic mass is 16.6. The molecule has 0 aliphatic carbocycles. The van der Waals surface area contributed by atoms with Crippen LogP contribution in [0.4, 0.5) is 5.69 Å². The van der Waals surface area contributed by atoms with Crippen LogP contribution in [0.3, 0.4) is 0 Å². The Hall–Kier alpha value is -1.91. The van der Waals surface area contributed by atoms with Gasteiger partial charge < -0.3 is 19.1 Å². The van der Waals surface area contributed by atoms with Crippen LogP contribution >= 0.6 is 0 Å². The predicted octanol–water partition coefficient (Wildman–Crippen LogP) is 1.46. The van der Waals surface area contributed by atoms with E-state index in [0.717, 1.165) is 30.2 Å². The SMILES string of the molecule is COC(=O)C1CCN(c2ccc3c(c2)OCCO3)C1. The first-order valence-electron chi connectivity index (χ1n) is 6.50. The molecule has 3 rings (SSSR count). The van der Waals surface area contributed by atoms with Gasteiger partial charge >= 0.3 is 5.97 Å². The number of hydrogen-bond donors (Lipinski definition) is 0. The summed E-state index contributed by atoms with van der Waals surface area (Å²) in [5.41, 5.74) is 1.07. The molecule has 0 bridgehead atoms. The molecule has 1 aromatic carbocycles. The number of esters is 1. The minimum absolute atomic E-state index is 0.0294. The smallest absolute Gasteiger partial charge is 0.310 e. The van der Waals surface area contributed by atoms with Crippen LogP contribution in [0.15, 0.2) is 18.2 Å². The Kier molecular flexibility index (Phi) is 3.19. The van der Waals surface area contributed by atoms with E-state index in [1.165, 1.54) is 7.11 Å². The van der Waals surface area contributed by atoms with Crippen molar-refractivity contribution in [1.29, 1.82) is 0 Å². The quantitative estimate of drug-likeness (QED) is 0.756. The van der Waals surface area contributed by atoms with Crippen LogP contribution in [0.2, 0.25) is 0 Å². The normalized spacial score (nSPS) is 21.3. The Morgan fingerprint density at radius 1 is 1.32 bits per heavy atom. The van der Waals surface area contributed by atoms with Gasteiger partial charge in [0, 0.05) is 24.8 Å². The molecule has 5 nitrogen and oxygen atoms in total. The first kappa shape index (κ1) is 12.1. The summed E-state index contributed by atoms with van der Waals surface area (Å²) >= 11 is 0. The highest BCUT2D eigenvalue weighted by molar-refractivity contribution is 5.74. The minimum Gasteiger partial charge on any atom is -0.486 e. The highest BCUT2D eigenvalue weighted by Gasteiger charge is 2.29. The summed E-state index contributed by atoms with van der Waals surface area (Å²) in [5, 5.41) is 0. The van der Waals surface area contributed by atoms with Crippen LogP contribution in [0.1, 0.15) is 6.42 Å². The fourth-order valence-corrected chi connectivity index (χ4v) is 2.58. The van der Waals surface area contributed by atoms with Gasteiger partial charge in [-0.3, -0.25) is 4.79 Å². The molecule has 1 fully saturated rings. The first-order valence-corrected chi connectivity index (χ1v) is 6.50. The van der Waals surface area contributed by atoms with Gasteiger partial charge in [0.05, 0.1) is 13.0 Å². The monoisotopic (exact) mass is 263 g/mol. The number of fused-ring (bicyclic) bond motifs is 1. The number of anilines is 1. The van der Waals surface area contributed by atoms with E-state index in [0.29, 0.717) is 19.8 Å². The maximum Gasteiger partial charge on any atom is 0.310 e. The molecule has 1 atom stereocenters. The summed E-state index contributed by atoms with van der Waals surface area (Å²) in [6.45, 7) is 2.74. The van der Waals surface area contributed by atoms with Gasteiger partial charge in [-0.1, -0.05) is 0 Å². The van der Waals surface area contributed by atoms with Crippen molar-refractivity contribution >= 4 is 11.7 Å². The third kappa shape index (κ3) is 2.32. The molecule has 0 radical (unpaired) electrons. The molecular weight excluding hydrogens is 246 g/mol. The average Bonchev–Trinajstić information content (AvgIpc) is 2.95. The zero-order valence-electron chi connectivity index (χ0n) is 10.9. The summed E-state index contributed by atoms with van der Waals surface area (Å²) in [4.78, 5) is 13.7. The van der Waals surface area contributed by atoms with E-state index in [-0.39, 0.29) is 11.9 Å². The van der Waals surface area contributed by atoms with Gasteiger partial charge in [0.2, 0.25) is 0 Å². The lowest BCUT2D eigenvalue weighted by Gasteiger charge is -2.23. The van der Waals surface area contributed by atoms with E-state index in [1.54, 1.807) is 0 Å². The molecule has 2 aliphatic heterocycles. The van der Waals surface area contributed by atoms with Crippen molar-refractivity contribution in [3.05, 3.63) is 18.2 Å². The van der Waals surface area contributed by atoms with Crippen LogP contribution < -0.4 is 14.4 Å². The summed E-state index contributed by atoms with van der Waals surface area (Å²) in [7, 11) is 1.44. The molecule has 1 aromatic rings. The summed E-state index contributed by atoms with van der Waals surface area (Å²) in [6, 6.07) is 5.91. The molecule has 5 heteroatoms. The van der Waals surface area contributed by atoms with Gasteiger partial charge in [0.25, 0.3) is 0 Å². The number of methoxy groups -OCH3 is 1. The van der Waals surface area contributed by atoms with E-state index in [9.17, 15) is 4.79 Å². The number of benzene rings is 1. The Labute approximate surface area is 112 Å². The zero-order valence-corrected chi connectivity index (χ0v) is 10.9. The lowest BCUT2D eigenvalue weighted by molar-refractivity contribution is -0.144. The van der Waals surface area contributed by atoms with Crippen molar-refractivity contribution in [3.8, 4) is 11.5 Å². The fourth-order valence-electron chi connectivity index (χ4n) is 2.58. The first-order chi connectivity index (χ1) is 9.28. The maximum absolute atomic E-state index is 11.5. The van der Waals surface area contributed by atoms with E-state index in [1.807, 2.05) is 18.2 Å². The Balaban J connectivity index is 1.75. The van der Waals surface area contributed by atoms with Crippen LogP contribution in [-0.4, -0.2) is 39.4 Å². The van der Waals surface area contributed by atoms with Crippen molar-refractivity contribution in [2.75, 3.05) is 38.3 Å². The number of nitrogens with zero attached hydrogens (tertiary/aromatic N) is 1. The Morgan fingerprint density at radius 2 is 2.11 bits per heavy atom. The van der Waals surface area contributed by atoms with Crippen LogP contribution in [0, 0.1) is 5.92 Å². The molecule has 2 heterocycles. The number of carbonyl (C=O) groups excluding carboxylic acids is 1. The van der Waals surface area contributed by atoms with Crippen molar-refractivity contribution < 1.29 is 19.0 Å². The topological polar surface area (TPSA) is 48.0 Å². The second kappa shape index (κ2) is 4.99. The number of rotatable bonds is 2. The van der Waals surface area contributed by atoms with E-state index < -0.39 is 0 Å². The number of ether oxygens (including phenoxy) is 3. The summed E-state index contributed by atoms with van der Waals surface area (Å²) in [5.74, 6) is 1.42. The van der Waals surface area contributed by atoms with E-state index in [4.69, 9.17) is 14.2 Å². The molecule has 0 amide bonds. The Morgan fingerprint density at radius 3 is 2.89 bits per heavy atom. The molecule has 1 saturated heterocycles. The van der Waals surface area contributed by atoms with Crippen molar-refractivity contribution in [2.45, 2.75) is 6.42 Å². The molecule has 0 saturated carbocycles. The maximum atomic E-state index is 11.5. The number of hydrogen-bond acceptors (Lipinski definition) is 5. The largest absolute Gasteiger partial charge is 0.486 e. The van der Waals surface area contributed by atoms with Gasteiger partial charge in [0.1, 0.15) is 13.2 Å². The summed E-state index contributed by atoms with van der Waals surface area (Å²) < 4.78 is 15.9. The molecule has 2 aliphatic rings. The lowest BCUT2D eigenvalue weighted by Crippen LogP contribution is -2.24. The molecular formula is C14H17NO4. The second-order valence-corrected chi connectivity index (χ2v) is 4.78. The van der Waals surface area contributed by atoms with Gasteiger partial charge in [-0.05, 0) is 18.6 Å². The highest BCUT2D eigenvalue weighted by Crippen LogP contribution is 2.35. The minimum atomic E-state index is -0.125. The van der Waals surface area contributed by atoms with Gasteiger partial charge in [-0.15, -0.1) is 0 Å². The van der Waals surface area contributed by atoms with Crippen molar-refractivity contribution in [1.82, 2.24) is 0 Å². The van der Waals surface area contributed by atoms with Gasteiger partial charge in [-0.2, -0.15) is 0 Å². The zero-order chi connectivity index (χ0) is 13.2. The fraction of sp³-hybridized carbons (Fsp3) is 0.500. The Bertz CT molecular complexity index is 488. The van der Waals surface area contributed by atoms with Gasteiger partial charge in [0.15, 0.2) is 11.5 Å². The lowest BCUT2D eigenvalue weighted by atomic mass is 10.1. The molecule has 0 aromatic heterocycles.